The summed E-state index contributed by atoms with van der Waals surface area (Å²) in [6.45, 7) is 1.35. The SMILES string of the molecule is O=C1CNC=C(COCc2ccccc2)OC1. The number of hydrogen-bond acceptors (Lipinski definition) is 4. The fourth-order valence-electron chi connectivity index (χ4n) is 1.47. The quantitative estimate of drug-likeness (QED) is 0.849. The Hall–Kier alpha value is -1.81. The Morgan fingerprint density at radius 1 is 1.24 bits per heavy atom. The van der Waals surface area contributed by atoms with Crippen LogP contribution in [0.15, 0.2) is 42.3 Å². The molecule has 0 aliphatic carbocycles. The van der Waals surface area contributed by atoms with E-state index >= 15 is 0 Å². The molecule has 0 saturated heterocycles. The number of ether oxygens (including phenoxy) is 2. The molecule has 1 aliphatic rings. The second kappa shape index (κ2) is 6.06. The molecular weight excluding hydrogens is 218 g/mol. The van der Waals surface area contributed by atoms with Gasteiger partial charge in [-0.3, -0.25) is 4.79 Å². The van der Waals surface area contributed by atoms with Crippen molar-refractivity contribution in [2.24, 2.45) is 0 Å². The van der Waals surface area contributed by atoms with Crippen LogP contribution in [-0.2, 0) is 20.9 Å². The van der Waals surface area contributed by atoms with Gasteiger partial charge in [-0.15, -0.1) is 0 Å². The van der Waals surface area contributed by atoms with Crippen molar-refractivity contribution < 1.29 is 14.3 Å². The summed E-state index contributed by atoms with van der Waals surface area (Å²) >= 11 is 0. The van der Waals surface area contributed by atoms with Crippen molar-refractivity contribution in [2.45, 2.75) is 6.61 Å². The molecule has 0 amide bonds. The van der Waals surface area contributed by atoms with Gasteiger partial charge in [0.15, 0.2) is 5.78 Å². The van der Waals surface area contributed by atoms with Gasteiger partial charge in [0.05, 0.1) is 13.2 Å². The van der Waals surface area contributed by atoms with E-state index < -0.39 is 0 Å². The zero-order valence-corrected chi connectivity index (χ0v) is 9.52. The van der Waals surface area contributed by atoms with Crippen LogP contribution in [0.5, 0.6) is 0 Å². The molecule has 2 rings (SSSR count). The third-order valence-electron chi connectivity index (χ3n) is 2.34. The molecule has 0 atom stereocenters. The van der Waals surface area contributed by atoms with Crippen LogP contribution in [0.1, 0.15) is 5.56 Å². The maximum absolute atomic E-state index is 11.1. The fraction of sp³-hybridized carbons (Fsp3) is 0.308. The molecule has 1 aromatic rings. The summed E-state index contributed by atoms with van der Waals surface area (Å²) in [5.74, 6) is 0.700. The molecule has 17 heavy (non-hydrogen) atoms. The third-order valence-corrected chi connectivity index (χ3v) is 2.34. The fourth-order valence-corrected chi connectivity index (χ4v) is 1.47. The monoisotopic (exact) mass is 233 g/mol. The molecule has 0 fully saturated rings. The van der Waals surface area contributed by atoms with E-state index in [4.69, 9.17) is 9.47 Å². The predicted molar refractivity (Wildman–Crippen MR) is 63.1 cm³/mol. The Bertz CT molecular complexity index is 400. The van der Waals surface area contributed by atoms with Gasteiger partial charge >= 0.3 is 0 Å². The first kappa shape index (κ1) is 11.7. The zero-order valence-electron chi connectivity index (χ0n) is 9.52. The van der Waals surface area contributed by atoms with Crippen molar-refractivity contribution in [3.63, 3.8) is 0 Å². The van der Waals surface area contributed by atoms with E-state index in [-0.39, 0.29) is 12.4 Å². The van der Waals surface area contributed by atoms with Gasteiger partial charge in [-0.1, -0.05) is 30.3 Å². The number of nitrogens with one attached hydrogen (secondary N) is 1. The number of carbonyl (C=O) groups is 1. The van der Waals surface area contributed by atoms with Crippen LogP contribution in [0.3, 0.4) is 0 Å². The minimum absolute atomic E-state index is 0.0410. The highest BCUT2D eigenvalue weighted by atomic mass is 16.5. The molecule has 1 aromatic carbocycles. The van der Waals surface area contributed by atoms with Gasteiger partial charge in [0.25, 0.3) is 0 Å². The molecule has 0 unspecified atom stereocenters. The van der Waals surface area contributed by atoms with E-state index in [1.807, 2.05) is 30.3 Å². The van der Waals surface area contributed by atoms with Crippen molar-refractivity contribution in [3.8, 4) is 0 Å². The van der Waals surface area contributed by atoms with Crippen LogP contribution in [0.4, 0.5) is 0 Å². The molecule has 0 bridgehead atoms. The average molecular weight is 233 g/mol. The lowest BCUT2D eigenvalue weighted by Crippen LogP contribution is -2.18. The maximum Gasteiger partial charge on any atom is 0.189 e. The molecule has 0 radical (unpaired) electrons. The second-order valence-electron chi connectivity index (χ2n) is 3.80. The summed E-state index contributed by atoms with van der Waals surface area (Å²) in [6, 6.07) is 9.92. The second-order valence-corrected chi connectivity index (χ2v) is 3.80. The first-order valence-corrected chi connectivity index (χ1v) is 5.53. The van der Waals surface area contributed by atoms with Gasteiger partial charge in [0, 0.05) is 6.20 Å². The number of carbonyl (C=O) groups excluding carboxylic acids is 1. The molecule has 4 heteroatoms. The molecule has 0 aromatic heterocycles. The predicted octanol–water partition coefficient (Wildman–Crippen LogP) is 1.23. The maximum atomic E-state index is 11.1. The highest BCUT2D eigenvalue weighted by Crippen LogP contribution is 2.04. The lowest BCUT2D eigenvalue weighted by molar-refractivity contribution is -0.121. The summed E-state index contributed by atoms with van der Waals surface area (Å²) in [7, 11) is 0. The molecular formula is C13H15NO3. The third kappa shape index (κ3) is 3.92. The van der Waals surface area contributed by atoms with E-state index in [2.05, 4.69) is 5.32 Å². The van der Waals surface area contributed by atoms with Crippen LogP contribution in [0, 0.1) is 0 Å². The number of benzene rings is 1. The highest BCUT2D eigenvalue weighted by Gasteiger charge is 2.09. The lowest BCUT2D eigenvalue weighted by atomic mass is 10.2. The molecule has 1 heterocycles. The first-order valence-electron chi connectivity index (χ1n) is 5.53. The number of rotatable bonds is 4. The minimum Gasteiger partial charge on any atom is -0.486 e. The molecule has 0 saturated carbocycles. The molecule has 4 nitrogen and oxygen atoms in total. The Kier molecular flexibility index (Phi) is 4.16. The topological polar surface area (TPSA) is 47.6 Å². The van der Waals surface area contributed by atoms with Crippen LogP contribution >= 0.6 is 0 Å². The standard InChI is InChI=1S/C13H15NO3/c15-12-6-14-7-13(17-9-12)10-16-8-11-4-2-1-3-5-11/h1-5,7,14H,6,8-10H2. The van der Waals surface area contributed by atoms with Crippen molar-refractivity contribution in [1.29, 1.82) is 0 Å². The zero-order chi connectivity index (χ0) is 11.9. The largest absolute Gasteiger partial charge is 0.486 e. The Morgan fingerprint density at radius 3 is 2.88 bits per heavy atom. The van der Waals surface area contributed by atoms with E-state index in [9.17, 15) is 4.79 Å². The van der Waals surface area contributed by atoms with Gasteiger partial charge < -0.3 is 14.8 Å². The molecule has 90 valence electrons. The van der Waals surface area contributed by atoms with Crippen LogP contribution in [0.25, 0.3) is 0 Å². The van der Waals surface area contributed by atoms with Crippen molar-refractivity contribution in [2.75, 3.05) is 19.8 Å². The minimum atomic E-state index is 0.0410. The summed E-state index contributed by atoms with van der Waals surface area (Å²) < 4.78 is 10.8. The van der Waals surface area contributed by atoms with Gasteiger partial charge in [-0.2, -0.15) is 0 Å². The van der Waals surface area contributed by atoms with Crippen LogP contribution in [0.2, 0.25) is 0 Å². The number of hydrogen-bond donors (Lipinski definition) is 1. The summed E-state index contributed by atoms with van der Waals surface area (Å²) in [4.78, 5) is 11.1. The summed E-state index contributed by atoms with van der Waals surface area (Å²) in [5.41, 5.74) is 1.12. The molecule has 0 spiro atoms. The highest BCUT2D eigenvalue weighted by molar-refractivity contribution is 5.82. The lowest BCUT2D eigenvalue weighted by Gasteiger charge is -2.08. The number of ketones is 1. The van der Waals surface area contributed by atoms with Gasteiger partial charge in [0.1, 0.15) is 19.0 Å². The Balaban J connectivity index is 1.75. The van der Waals surface area contributed by atoms with E-state index in [0.29, 0.717) is 25.5 Å². The summed E-state index contributed by atoms with van der Waals surface area (Å²) in [6.07, 6.45) is 1.69. The van der Waals surface area contributed by atoms with Gasteiger partial charge in [-0.05, 0) is 5.56 Å². The normalized spacial score (nSPS) is 15.5. The van der Waals surface area contributed by atoms with Gasteiger partial charge in [-0.25, -0.2) is 0 Å². The number of Topliss-reactive ketones (excluding diaryl/α,β-unsaturated/α-hetero) is 1. The van der Waals surface area contributed by atoms with Crippen molar-refractivity contribution >= 4 is 5.78 Å². The summed E-state index contributed by atoms with van der Waals surface area (Å²) in [5, 5.41) is 2.88. The Morgan fingerprint density at radius 2 is 2.06 bits per heavy atom. The molecule has 1 N–H and O–H groups in total. The van der Waals surface area contributed by atoms with Gasteiger partial charge in [0.2, 0.25) is 0 Å². The average Bonchev–Trinajstić information content (AvgIpc) is 2.56. The van der Waals surface area contributed by atoms with Crippen molar-refractivity contribution in [3.05, 3.63) is 47.9 Å². The van der Waals surface area contributed by atoms with E-state index in [1.54, 1.807) is 6.20 Å². The van der Waals surface area contributed by atoms with Crippen LogP contribution < -0.4 is 5.32 Å². The van der Waals surface area contributed by atoms with Crippen LogP contribution in [-0.4, -0.2) is 25.5 Å². The van der Waals surface area contributed by atoms with E-state index in [0.717, 1.165) is 5.56 Å². The van der Waals surface area contributed by atoms with Crippen molar-refractivity contribution in [1.82, 2.24) is 5.32 Å². The first-order chi connectivity index (χ1) is 8.34. The molecule has 1 aliphatic heterocycles. The van der Waals surface area contributed by atoms with E-state index in [1.165, 1.54) is 0 Å². The Labute approximate surface area is 100 Å². The smallest absolute Gasteiger partial charge is 0.189 e.